The molecule has 1 amide bonds. The number of amides is 1. The minimum atomic E-state index is -0.787. The minimum absolute atomic E-state index is 0.0868. The Hall–Kier alpha value is -1.06. The van der Waals surface area contributed by atoms with Crippen LogP contribution in [-0.4, -0.2) is 35.0 Å². The molecule has 0 aromatic carbocycles. The lowest BCUT2D eigenvalue weighted by molar-refractivity contribution is -0.141. The topological polar surface area (TPSA) is 57.6 Å². The molecule has 1 unspecified atom stereocenters. The summed E-state index contributed by atoms with van der Waals surface area (Å²) in [7, 11) is 0. The molecule has 1 atom stereocenters. The van der Waals surface area contributed by atoms with Crippen molar-refractivity contribution in [2.45, 2.75) is 26.7 Å². The highest BCUT2D eigenvalue weighted by Gasteiger charge is 2.30. The molecule has 0 bridgehead atoms. The van der Waals surface area contributed by atoms with Crippen molar-refractivity contribution in [1.29, 1.82) is 0 Å². The van der Waals surface area contributed by atoms with Gasteiger partial charge in [-0.05, 0) is 12.3 Å². The Kier molecular flexibility index (Phi) is 3.49. The highest BCUT2D eigenvalue weighted by Crippen LogP contribution is 2.18. The van der Waals surface area contributed by atoms with Crippen LogP contribution in [-0.2, 0) is 9.59 Å². The number of likely N-dealkylation sites (tertiary alicyclic amines) is 1. The molecule has 1 heterocycles. The number of rotatable bonds is 3. The Morgan fingerprint density at radius 1 is 1.50 bits per heavy atom. The van der Waals surface area contributed by atoms with E-state index in [9.17, 15) is 9.59 Å². The van der Waals surface area contributed by atoms with Crippen LogP contribution in [0.3, 0.4) is 0 Å². The van der Waals surface area contributed by atoms with Gasteiger partial charge in [0.15, 0.2) is 0 Å². The van der Waals surface area contributed by atoms with E-state index in [0.717, 1.165) is 0 Å². The molecule has 0 aromatic heterocycles. The molecule has 1 N–H and O–H groups in total. The summed E-state index contributed by atoms with van der Waals surface area (Å²) in [5.74, 6) is -0.717. The number of hydrogen-bond donors (Lipinski definition) is 1. The van der Waals surface area contributed by atoms with Gasteiger partial charge in [-0.3, -0.25) is 9.59 Å². The fourth-order valence-electron chi connectivity index (χ4n) is 1.67. The van der Waals surface area contributed by atoms with Crippen LogP contribution in [0.15, 0.2) is 0 Å². The molecule has 14 heavy (non-hydrogen) atoms. The smallest absolute Gasteiger partial charge is 0.308 e. The van der Waals surface area contributed by atoms with Crippen molar-refractivity contribution in [3.63, 3.8) is 0 Å². The summed E-state index contributed by atoms with van der Waals surface area (Å²) in [5.41, 5.74) is 0. The summed E-state index contributed by atoms with van der Waals surface area (Å²) >= 11 is 0. The van der Waals surface area contributed by atoms with Crippen LogP contribution in [0.4, 0.5) is 0 Å². The van der Waals surface area contributed by atoms with Gasteiger partial charge in [-0.15, -0.1) is 0 Å². The molecule has 4 nitrogen and oxygen atoms in total. The Morgan fingerprint density at radius 3 is 2.57 bits per heavy atom. The number of nitrogens with zero attached hydrogens (tertiary/aromatic N) is 1. The average molecular weight is 199 g/mol. The summed E-state index contributed by atoms with van der Waals surface area (Å²) in [5, 5.41) is 8.76. The fraction of sp³-hybridized carbons (Fsp3) is 0.800. The standard InChI is InChI=1S/C10H17NO3/c1-7(2)5-9(12)11-4-3-8(6-11)10(13)14/h7-8H,3-6H2,1-2H3,(H,13,14). The van der Waals surface area contributed by atoms with Crippen LogP contribution >= 0.6 is 0 Å². The second-order valence-electron chi connectivity index (χ2n) is 4.26. The summed E-state index contributed by atoms with van der Waals surface area (Å²) in [6.07, 6.45) is 1.12. The van der Waals surface area contributed by atoms with E-state index in [0.29, 0.717) is 31.8 Å². The first-order chi connectivity index (χ1) is 6.50. The minimum Gasteiger partial charge on any atom is -0.481 e. The van der Waals surface area contributed by atoms with Crippen molar-refractivity contribution in [3.8, 4) is 0 Å². The average Bonchev–Trinajstić information content (AvgIpc) is 2.50. The lowest BCUT2D eigenvalue weighted by atomic mass is 10.1. The predicted molar refractivity (Wildman–Crippen MR) is 51.8 cm³/mol. The normalized spacial score (nSPS) is 21.6. The van der Waals surface area contributed by atoms with E-state index in [1.54, 1.807) is 4.90 Å². The maximum Gasteiger partial charge on any atom is 0.308 e. The number of carbonyl (C=O) groups is 2. The Morgan fingerprint density at radius 2 is 2.14 bits per heavy atom. The van der Waals surface area contributed by atoms with E-state index < -0.39 is 5.97 Å². The van der Waals surface area contributed by atoms with E-state index in [1.165, 1.54) is 0 Å². The predicted octanol–water partition coefficient (Wildman–Crippen LogP) is 0.966. The van der Waals surface area contributed by atoms with Crippen LogP contribution in [0.5, 0.6) is 0 Å². The molecule has 0 saturated carbocycles. The number of aliphatic carboxylic acids is 1. The molecule has 1 aliphatic rings. The van der Waals surface area contributed by atoms with E-state index in [1.807, 2.05) is 13.8 Å². The first-order valence-corrected chi connectivity index (χ1v) is 5.01. The lowest BCUT2D eigenvalue weighted by Crippen LogP contribution is -2.30. The molecule has 1 aliphatic heterocycles. The fourth-order valence-corrected chi connectivity index (χ4v) is 1.67. The molecule has 0 aromatic rings. The van der Waals surface area contributed by atoms with E-state index in [4.69, 9.17) is 5.11 Å². The summed E-state index contributed by atoms with van der Waals surface area (Å²) in [6.45, 7) is 4.97. The summed E-state index contributed by atoms with van der Waals surface area (Å²) in [4.78, 5) is 23.9. The largest absolute Gasteiger partial charge is 0.481 e. The van der Waals surface area contributed by atoms with Crippen molar-refractivity contribution in [3.05, 3.63) is 0 Å². The van der Waals surface area contributed by atoms with Crippen LogP contribution in [0.25, 0.3) is 0 Å². The van der Waals surface area contributed by atoms with Crippen LogP contribution in [0, 0.1) is 11.8 Å². The Balaban J connectivity index is 2.42. The summed E-state index contributed by atoms with van der Waals surface area (Å²) < 4.78 is 0. The number of carboxylic acid groups (broad SMARTS) is 1. The number of hydrogen-bond acceptors (Lipinski definition) is 2. The zero-order valence-electron chi connectivity index (χ0n) is 8.69. The van der Waals surface area contributed by atoms with E-state index >= 15 is 0 Å². The first kappa shape index (κ1) is 11.0. The molecule has 1 rings (SSSR count). The van der Waals surface area contributed by atoms with Gasteiger partial charge in [0, 0.05) is 19.5 Å². The van der Waals surface area contributed by atoms with Gasteiger partial charge >= 0.3 is 5.97 Å². The number of carboxylic acids is 1. The van der Waals surface area contributed by atoms with E-state index in [-0.39, 0.29) is 11.8 Å². The molecule has 80 valence electrons. The van der Waals surface area contributed by atoms with E-state index in [2.05, 4.69) is 0 Å². The van der Waals surface area contributed by atoms with Crippen LogP contribution < -0.4 is 0 Å². The second kappa shape index (κ2) is 4.44. The Labute approximate surface area is 83.9 Å². The van der Waals surface area contributed by atoms with Crippen LogP contribution in [0.2, 0.25) is 0 Å². The van der Waals surface area contributed by atoms with Crippen LogP contribution in [0.1, 0.15) is 26.7 Å². The molecule has 4 heteroatoms. The number of carbonyl (C=O) groups excluding carboxylic acids is 1. The highest BCUT2D eigenvalue weighted by molar-refractivity contribution is 5.78. The van der Waals surface area contributed by atoms with Crippen molar-refractivity contribution in [1.82, 2.24) is 4.90 Å². The van der Waals surface area contributed by atoms with Gasteiger partial charge in [0.05, 0.1) is 5.92 Å². The molecule has 1 fully saturated rings. The van der Waals surface area contributed by atoms with Gasteiger partial charge in [0.25, 0.3) is 0 Å². The van der Waals surface area contributed by atoms with Gasteiger partial charge in [0.1, 0.15) is 0 Å². The monoisotopic (exact) mass is 199 g/mol. The van der Waals surface area contributed by atoms with Crippen molar-refractivity contribution >= 4 is 11.9 Å². The van der Waals surface area contributed by atoms with Gasteiger partial charge in [-0.2, -0.15) is 0 Å². The third kappa shape index (κ3) is 2.72. The summed E-state index contributed by atoms with van der Waals surface area (Å²) in [6, 6.07) is 0. The SMILES string of the molecule is CC(C)CC(=O)N1CCC(C(=O)O)C1. The zero-order valence-corrected chi connectivity index (χ0v) is 8.69. The molecule has 0 aliphatic carbocycles. The highest BCUT2D eigenvalue weighted by atomic mass is 16.4. The van der Waals surface area contributed by atoms with Gasteiger partial charge in [-0.1, -0.05) is 13.8 Å². The quantitative estimate of drug-likeness (QED) is 0.736. The van der Waals surface area contributed by atoms with Crippen molar-refractivity contribution < 1.29 is 14.7 Å². The third-order valence-electron chi connectivity index (χ3n) is 2.47. The molecular formula is C10H17NO3. The third-order valence-corrected chi connectivity index (χ3v) is 2.47. The van der Waals surface area contributed by atoms with Gasteiger partial charge in [-0.25, -0.2) is 0 Å². The van der Waals surface area contributed by atoms with Crippen molar-refractivity contribution in [2.24, 2.45) is 11.8 Å². The Bertz CT molecular complexity index is 238. The lowest BCUT2D eigenvalue weighted by Gasteiger charge is -2.16. The second-order valence-corrected chi connectivity index (χ2v) is 4.26. The molecule has 0 spiro atoms. The molecule has 0 radical (unpaired) electrons. The first-order valence-electron chi connectivity index (χ1n) is 5.01. The molecular weight excluding hydrogens is 182 g/mol. The van der Waals surface area contributed by atoms with Crippen molar-refractivity contribution in [2.75, 3.05) is 13.1 Å². The van der Waals surface area contributed by atoms with Gasteiger partial charge in [0.2, 0.25) is 5.91 Å². The van der Waals surface area contributed by atoms with Gasteiger partial charge < -0.3 is 10.0 Å². The maximum atomic E-state index is 11.6. The molecule has 1 saturated heterocycles. The zero-order chi connectivity index (χ0) is 10.7. The maximum absolute atomic E-state index is 11.6.